The minimum Gasteiger partial charge on any atom is -0.370 e. The first-order chi connectivity index (χ1) is 13.7. The largest absolute Gasteiger partial charge is 0.370 e. The van der Waals surface area contributed by atoms with E-state index >= 15 is 0 Å². The highest BCUT2D eigenvalue weighted by Crippen LogP contribution is 2.27. The Morgan fingerprint density at radius 2 is 1.89 bits per heavy atom. The van der Waals surface area contributed by atoms with Crippen LogP contribution in [0, 0.1) is 0 Å². The summed E-state index contributed by atoms with van der Waals surface area (Å²) in [7, 11) is 0. The van der Waals surface area contributed by atoms with Gasteiger partial charge in [-0.3, -0.25) is 4.79 Å². The van der Waals surface area contributed by atoms with Gasteiger partial charge in [0.2, 0.25) is 0 Å². The molecule has 1 aliphatic carbocycles. The summed E-state index contributed by atoms with van der Waals surface area (Å²) >= 11 is 0. The van der Waals surface area contributed by atoms with E-state index in [0.29, 0.717) is 24.6 Å². The molecule has 0 bridgehead atoms. The maximum Gasteiger partial charge on any atom is 0.251 e. The molecule has 2 aromatic carbocycles. The van der Waals surface area contributed by atoms with Crippen LogP contribution in [0.15, 0.2) is 47.5 Å². The molecule has 1 aliphatic rings. The lowest BCUT2D eigenvalue weighted by atomic mass is 9.90. The van der Waals surface area contributed by atoms with Crippen molar-refractivity contribution in [1.82, 2.24) is 5.32 Å². The van der Waals surface area contributed by atoms with Gasteiger partial charge in [-0.15, -0.1) is 0 Å². The molecule has 0 unspecified atom stereocenters. The maximum absolute atomic E-state index is 12.0. The van der Waals surface area contributed by atoms with Gasteiger partial charge in [-0.1, -0.05) is 37.6 Å². The third-order valence-corrected chi connectivity index (χ3v) is 5.12. The molecule has 2 aromatic rings. The van der Waals surface area contributed by atoms with Crippen LogP contribution >= 0.6 is 0 Å². The van der Waals surface area contributed by atoms with Crippen molar-refractivity contribution in [2.45, 2.75) is 52.0 Å². The first-order valence-corrected chi connectivity index (χ1v) is 10.2. The van der Waals surface area contributed by atoms with E-state index in [4.69, 9.17) is 5.73 Å². The molecule has 0 radical (unpaired) electrons. The van der Waals surface area contributed by atoms with Crippen LogP contribution in [0.25, 0.3) is 0 Å². The average Bonchev–Trinajstić information content (AvgIpc) is 2.73. The second-order valence-corrected chi connectivity index (χ2v) is 7.28. The minimum absolute atomic E-state index is 0.0291. The predicted molar refractivity (Wildman–Crippen MR) is 116 cm³/mol. The molecular weight excluding hydrogens is 348 g/mol. The molecular formula is C23H30N4O. The Hall–Kier alpha value is -2.82. The number of benzene rings is 2. The van der Waals surface area contributed by atoms with E-state index in [1.54, 1.807) is 0 Å². The van der Waals surface area contributed by atoms with Gasteiger partial charge in [-0.2, -0.15) is 0 Å². The number of carbonyl (C=O) groups excluding carboxylic acids is 1. The Morgan fingerprint density at radius 3 is 2.68 bits per heavy atom. The number of hydrogen-bond donors (Lipinski definition) is 3. The molecule has 4 N–H and O–H groups in total. The Bertz CT molecular complexity index is 827. The number of hydrogen-bond acceptors (Lipinski definition) is 2. The van der Waals surface area contributed by atoms with Gasteiger partial charge in [0, 0.05) is 17.8 Å². The highest BCUT2D eigenvalue weighted by molar-refractivity contribution is 5.94. The second-order valence-electron chi connectivity index (χ2n) is 7.28. The summed E-state index contributed by atoms with van der Waals surface area (Å²) < 4.78 is 0. The number of nitrogens with one attached hydrogen (secondary N) is 2. The monoisotopic (exact) mass is 378 g/mol. The fraction of sp³-hybridized carbons (Fsp3) is 0.391. The average molecular weight is 379 g/mol. The third kappa shape index (κ3) is 5.35. The molecule has 5 nitrogen and oxygen atoms in total. The van der Waals surface area contributed by atoms with E-state index < -0.39 is 0 Å². The first-order valence-electron chi connectivity index (χ1n) is 10.2. The van der Waals surface area contributed by atoms with Gasteiger partial charge in [-0.25, -0.2) is 4.99 Å². The van der Waals surface area contributed by atoms with E-state index in [9.17, 15) is 4.79 Å². The van der Waals surface area contributed by atoms with E-state index in [-0.39, 0.29) is 5.91 Å². The van der Waals surface area contributed by atoms with Gasteiger partial charge in [-0.05, 0) is 67.0 Å². The lowest BCUT2D eigenvalue weighted by molar-refractivity contribution is 0.0953. The van der Waals surface area contributed by atoms with Gasteiger partial charge >= 0.3 is 0 Å². The number of aliphatic imine (C=N–C) groups is 1. The topological polar surface area (TPSA) is 79.5 Å². The zero-order valence-corrected chi connectivity index (χ0v) is 16.6. The highest BCUT2D eigenvalue weighted by atomic mass is 16.1. The van der Waals surface area contributed by atoms with Crippen LogP contribution < -0.4 is 16.4 Å². The smallest absolute Gasteiger partial charge is 0.251 e. The Morgan fingerprint density at radius 1 is 1.11 bits per heavy atom. The number of anilines is 1. The number of unbranched alkanes of at least 4 members (excludes halogenated alkanes) is 1. The summed E-state index contributed by atoms with van der Waals surface area (Å²) in [5.41, 5.74) is 11.6. The molecule has 0 spiro atoms. The van der Waals surface area contributed by atoms with Crippen LogP contribution in [0.5, 0.6) is 0 Å². The number of amides is 1. The number of aryl methyl sites for hydroxylation is 1. The molecule has 0 saturated carbocycles. The van der Waals surface area contributed by atoms with Crippen molar-refractivity contribution in [1.29, 1.82) is 0 Å². The van der Waals surface area contributed by atoms with Gasteiger partial charge in [0.05, 0.1) is 6.54 Å². The molecule has 0 aromatic heterocycles. The Labute approximate surface area is 167 Å². The van der Waals surface area contributed by atoms with Crippen LogP contribution in [0.2, 0.25) is 0 Å². The van der Waals surface area contributed by atoms with E-state index in [0.717, 1.165) is 36.9 Å². The molecule has 0 fully saturated rings. The molecule has 0 heterocycles. The quantitative estimate of drug-likeness (QED) is 0.387. The molecule has 3 rings (SSSR count). The van der Waals surface area contributed by atoms with Gasteiger partial charge < -0.3 is 16.4 Å². The fourth-order valence-electron chi connectivity index (χ4n) is 3.49. The van der Waals surface area contributed by atoms with Gasteiger partial charge in [0.25, 0.3) is 5.91 Å². The van der Waals surface area contributed by atoms with E-state index in [1.807, 2.05) is 24.3 Å². The Balaban J connectivity index is 1.57. The van der Waals surface area contributed by atoms with Crippen molar-refractivity contribution < 1.29 is 4.79 Å². The van der Waals surface area contributed by atoms with Crippen molar-refractivity contribution in [3.63, 3.8) is 0 Å². The fourth-order valence-corrected chi connectivity index (χ4v) is 3.49. The number of nitrogens with zero attached hydrogens (tertiary/aromatic N) is 1. The zero-order chi connectivity index (χ0) is 19.8. The molecule has 0 aliphatic heterocycles. The summed E-state index contributed by atoms with van der Waals surface area (Å²) in [6.45, 7) is 3.30. The van der Waals surface area contributed by atoms with Crippen molar-refractivity contribution in [2.75, 3.05) is 11.9 Å². The van der Waals surface area contributed by atoms with Crippen molar-refractivity contribution >= 4 is 17.6 Å². The number of fused-ring (bicyclic) bond motifs is 1. The van der Waals surface area contributed by atoms with Crippen LogP contribution in [0.1, 0.15) is 59.7 Å². The number of nitrogens with two attached hydrogens (primary N) is 1. The molecule has 148 valence electrons. The molecule has 28 heavy (non-hydrogen) atoms. The normalized spacial score (nSPS) is 13.7. The lowest BCUT2D eigenvalue weighted by Crippen LogP contribution is -2.24. The summed E-state index contributed by atoms with van der Waals surface area (Å²) in [5, 5.41) is 6.19. The first kappa shape index (κ1) is 19.9. The van der Waals surface area contributed by atoms with Crippen molar-refractivity contribution in [2.24, 2.45) is 10.7 Å². The lowest BCUT2D eigenvalue weighted by Gasteiger charge is -2.19. The molecule has 5 heteroatoms. The minimum atomic E-state index is -0.0291. The van der Waals surface area contributed by atoms with Crippen LogP contribution in [0.4, 0.5) is 5.69 Å². The van der Waals surface area contributed by atoms with Crippen LogP contribution in [0.3, 0.4) is 0 Å². The summed E-state index contributed by atoms with van der Waals surface area (Å²) in [5.74, 6) is 0.388. The number of guanidine groups is 1. The number of carbonyl (C=O) groups is 1. The maximum atomic E-state index is 12.0. The standard InChI is InChI=1S/C23H30N4O/c1-2-3-15-25-22(28)19-13-11-17(12-14-19)16-26-23(24)27-21-10-6-8-18-7-4-5-9-20(18)21/h6,8,10-14H,2-5,7,9,15-16H2,1H3,(H,25,28)(H3,24,26,27). The zero-order valence-electron chi connectivity index (χ0n) is 16.6. The third-order valence-electron chi connectivity index (χ3n) is 5.12. The van der Waals surface area contributed by atoms with E-state index in [1.165, 1.54) is 24.0 Å². The predicted octanol–water partition coefficient (Wildman–Crippen LogP) is 4.02. The van der Waals surface area contributed by atoms with E-state index in [2.05, 4.69) is 40.7 Å². The van der Waals surface area contributed by atoms with Crippen LogP contribution in [-0.2, 0) is 19.4 Å². The SMILES string of the molecule is CCCCNC(=O)c1ccc(CN=C(N)Nc2cccc3c2CCCC3)cc1. The summed E-state index contributed by atoms with van der Waals surface area (Å²) in [6.07, 6.45) is 6.77. The summed E-state index contributed by atoms with van der Waals surface area (Å²) in [6, 6.07) is 13.9. The molecule has 0 saturated heterocycles. The highest BCUT2D eigenvalue weighted by Gasteiger charge is 2.13. The van der Waals surface area contributed by atoms with Crippen molar-refractivity contribution in [3.8, 4) is 0 Å². The second kappa shape index (κ2) is 9.93. The van der Waals surface area contributed by atoms with Crippen LogP contribution in [-0.4, -0.2) is 18.4 Å². The summed E-state index contributed by atoms with van der Waals surface area (Å²) in [4.78, 5) is 16.5. The van der Waals surface area contributed by atoms with Gasteiger partial charge in [0.1, 0.15) is 0 Å². The Kier molecular flexibility index (Phi) is 7.06. The molecule has 1 amide bonds. The van der Waals surface area contributed by atoms with Crippen molar-refractivity contribution in [3.05, 3.63) is 64.7 Å². The van der Waals surface area contributed by atoms with Gasteiger partial charge in [0.15, 0.2) is 5.96 Å². The number of rotatable bonds is 7. The molecule has 0 atom stereocenters.